The lowest BCUT2D eigenvalue weighted by Crippen LogP contribution is -2.23. The summed E-state index contributed by atoms with van der Waals surface area (Å²) in [5.41, 5.74) is 3.15. The topological polar surface area (TPSA) is 20.3 Å². The summed E-state index contributed by atoms with van der Waals surface area (Å²) >= 11 is 0. The van der Waals surface area contributed by atoms with Gasteiger partial charge in [0.05, 0.1) is 5.56 Å². The van der Waals surface area contributed by atoms with Crippen molar-refractivity contribution < 1.29 is 4.79 Å². The zero-order valence-corrected chi connectivity index (χ0v) is 12.8. The van der Waals surface area contributed by atoms with Crippen molar-refractivity contribution >= 4 is 22.8 Å². The highest BCUT2D eigenvalue weighted by molar-refractivity contribution is 6.10. The molecule has 0 radical (unpaired) electrons. The van der Waals surface area contributed by atoms with E-state index in [4.69, 9.17) is 0 Å². The van der Waals surface area contributed by atoms with Gasteiger partial charge in [-0.25, -0.2) is 0 Å². The van der Waals surface area contributed by atoms with E-state index in [-0.39, 0.29) is 5.91 Å². The van der Waals surface area contributed by atoms with Crippen molar-refractivity contribution in [1.29, 1.82) is 0 Å². The Bertz CT molecular complexity index is 896. The van der Waals surface area contributed by atoms with Crippen molar-refractivity contribution in [2.24, 2.45) is 0 Å². The molecule has 0 saturated carbocycles. The standard InChI is InChI=1S/C21H17NO/c23-21-20-18(13-12-17-10-4-5-11-19(17)20)15-22(21)14-6-9-16-7-2-1-3-8-16/h1-13H,14-15H2/b9-6+. The highest BCUT2D eigenvalue weighted by Crippen LogP contribution is 2.30. The van der Waals surface area contributed by atoms with E-state index in [9.17, 15) is 4.79 Å². The summed E-state index contributed by atoms with van der Waals surface area (Å²) in [6.45, 7) is 1.33. The van der Waals surface area contributed by atoms with Crippen LogP contribution in [0, 0.1) is 0 Å². The summed E-state index contributed by atoms with van der Waals surface area (Å²) < 4.78 is 0. The van der Waals surface area contributed by atoms with Gasteiger partial charge in [0, 0.05) is 13.1 Å². The molecule has 1 aliphatic heterocycles. The summed E-state index contributed by atoms with van der Waals surface area (Å²) in [4.78, 5) is 14.6. The molecule has 0 aliphatic carbocycles. The van der Waals surface area contributed by atoms with Gasteiger partial charge in [0.15, 0.2) is 0 Å². The molecule has 0 fully saturated rings. The normalized spacial score (nSPS) is 13.9. The molecule has 112 valence electrons. The maximum Gasteiger partial charge on any atom is 0.255 e. The molecule has 0 aromatic heterocycles. The number of rotatable bonds is 3. The monoisotopic (exact) mass is 299 g/mol. The van der Waals surface area contributed by atoms with Crippen LogP contribution in [0.15, 0.2) is 72.8 Å². The minimum Gasteiger partial charge on any atom is -0.331 e. The van der Waals surface area contributed by atoms with Crippen LogP contribution in [0.4, 0.5) is 0 Å². The molecule has 0 bridgehead atoms. The van der Waals surface area contributed by atoms with E-state index in [1.807, 2.05) is 41.3 Å². The van der Waals surface area contributed by atoms with Gasteiger partial charge in [-0.1, -0.05) is 78.9 Å². The van der Waals surface area contributed by atoms with Crippen LogP contribution in [0.1, 0.15) is 21.5 Å². The van der Waals surface area contributed by atoms with Gasteiger partial charge in [-0.05, 0) is 21.9 Å². The molecule has 0 atom stereocenters. The predicted octanol–water partition coefficient (Wildman–Crippen LogP) is 4.51. The molecule has 2 heteroatoms. The first kappa shape index (κ1) is 13.8. The van der Waals surface area contributed by atoms with E-state index < -0.39 is 0 Å². The summed E-state index contributed by atoms with van der Waals surface area (Å²) in [6, 6.07) is 22.4. The Morgan fingerprint density at radius 2 is 1.70 bits per heavy atom. The molecule has 1 aliphatic rings. The van der Waals surface area contributed by atoms with Gasteiger partial charge in [-0.15, -0.1) is 0 Å². The largest absolute Gasteiger partial charge is 0.331 e. The van der Waals surface area contributed by atoms with Crippen LogP contribution < -0.4 is 0 Å². The zero-order valence-electron chi connectivity index (χ0n) is 12.8. The van der Waals surface area contributed by atoms with E-state index in [1.165, 1.54) is 0 Å². The molecule has 3 aromatic carbocycles. The SMILES string of the molecule is O=C1c2c(ccc3ccccc23)CN1C/C=C/c1ccccc1. The number of benzene rings is 3. The minimum atomic E-state index is 0.134. The second kappa shape index (κ2) is 5.73. The van der Waals surface area contributed by atoms with Crippen molar-refractivity contribution in [1.82, 2.24) is 4.90 Å². The number of carbonyl (C=O) groups is 1. The van der Waals surface area contributed by atoms with Gasteiger partial charge in [0.1, 0.15) is 0 Å². The van der Waals surface area contributed by atoms with Crippen LogP contribution in [0.3, 0.4) is 0 Å². The van der Waals surface area contributed by atoms with Crippen molar-refractivity contribution in [3.8, 4) is 0 Å². The van der Waals surface area contributed by atoms with Gasteiger partial charge >= 0.3 is 0 Å². The average Bonchev–Trinajstić information content (AvgIpc) is 2.92. The molecule has 4 rings (SSSR count). The fourth-order valence-electron chi connectivity index (χ4n) is 3.16. The lowest BCUT2D eigenvalue weighted by atomic mass is 10.0. The highest BCUT2D eigenvalue weighted by Gasteiger charge is 2.28. The third-order valence-corrected chi connectivity index (χ3v) is 4.31. The van der Waals surface area contributed by atoms with Gasteiger partial charge in [-0.2, -0.15) is 0 Å². The third-order valence-electron chi connectivity index (χ3n) is 4.31. The van der Waals surface area contributed by atoms with Crippen LogP contribution in [0.2, 0.25) is 0 Å². The molecule has 3 aromatic rings. The Morgan fingerprint density at radius 1 is 0.913 bits per heavy atom. The van der Waals surface area contributed by atoms with Gasteiger partial charge in [-0.3, -0.25) is 4.79 Å². The van der Waals surface area contributed by atoms with Gasteiger partial charge in [0.25, 0.3) is 5.91 Å². The summed E-state index contributed by atoms with van der Waals surface area (Å²) in [5.74, 6) is 0.134. The van der Waals surface area contributed by atoms with Gasteiger partial charge in [0.2, 0.25) is 0 Å². The Kier molecular flexibility index (Phi) is 3.43. The number of nitrogens with zero attached hydrogens (tertiary/aromatic N) is 1. The number of amides is 1. The fourth-order valence-corrected chi connectivity index (χ4v) is 3.16. The van der Waals surface area contributed by atoms with Gasteiger partial charge < -0.3 is 4.90 Å². The third kappa shape index (κ3) is 2.53. The Morgan fingerprint density at radius 3 is 2.57 bits per heavy atom. The molecule has 1 heterocycles. The summed E-state index contributed by atoms with van der Waals surface area (Å²) in [7, 11) is 0. The van der Waals surface area contributed by atoms with E-state index in [1.54, 1.807) is 0 Å². The second-order valence-electron chi connectivity index (χ2n) is 5.82. The van der Waals surface area contributed by atoms with Crippen LogP contribution in [0.25, 0.3) is 16.8 Å². The quantitative estimate of drug-likeness (QED) is 0.697. The Hall–Kier alpha value is -2.87. The molecule has 1 amide bonds. The van der Waals surface area contributed by atoms with Crippen LogP contribution in [-0.4, -0.2) is 17.4 Å². The molecular formula is C21H17NO. The van der Waals surface area contributed by atoms with Crippen molar-refractivity contribution in [2.45, 2.75) is 6.54 Å². The average molecular weight is 299 g/mol. The molecule has 23 heavy (non-hydrogen) atoms. The van der Waals surface area contributed by atoms with E-state index >= 15 is 0 Å². The zero-order chi connectivity index (χ0) is 15.6. The number of hydrogen-bond acceptors (Lipinski definition) is 1. The smallest absolute Gasteiger partial charge is 0.255 e. The number of hydrogen-bond donors (Lipinski definition) is 0. The molecule has 0 saturated heterocycles. The Labute approximate surface area is 135 Å². The fraction of sp³-hybridized carbons (Fsp3) is 0.0952. The molecule has 2 nitrogen and oxygen atoms in total. The number of fused-ring (bicyclic) bond motifs is 3. The highest BCUT2D eigenvalue weighted by atomic mass is 16.2. The van der Waals surface area contributed by atoms with E-state index in [0.717, 1.165) is 27.5 Å². The molecule has 0 unspecified atom stereocenters. The number of carbonyl (C=O) groups excluding carboxylic acids is 1. The lowest BCUT2D eigenvalue weighted by molar-refractivity contribution is 0.0798. The predicted molar refractivity (Wildman–Crippen MR) is 94.2 cm³/mol. The Balaban J connectivity index is 1.58. The lowest BCUT2D eigenvalue weighted by Gasteiger charge is -2.12. The first-order valence-electron chi connectivity index (χ1n) is 7.84. The molecule has 0 N–H and O–H groups in total. The first-order valence-corrected chi connectivity index (χ1v) is 7.84. The van der Waals surface area contributed by atoms with E-state index in [0.29, 0.717) is 13.1 Å². The van der Waals surface area contributed by atoms with Crippen LogP contribution in [-0.2, 0) is 6.54 Å². The van der Waals surface area contributed by atoms with E-state index in [2.05, 4.69) is 42.5 Å². The maximum atomic E-state index is 12.7. The van der Waals surface area contributed by atoms with Crippen molar-refractivity contribution in [3.05, 3.63) is 89.5 Å². The van der Waals surface area contributed by atoms with Crippen LogP contribution >= 0.6 is 0 Å². The second-order valence-corrected chi connectivity index (χ2v) is 5.82. The minimum absolute atomic E-state index is 0.134. The summed E-state index contributed by atoms with van der Waals surface area (Å²) in [6.07, 6.45) is 4.12. The van der Waals surface area contributed by atoms with Crippen molar-refractivity contribution in [2.75, 3.05) is 6.54 Å². The first-order chi connectivity index (χ1) is 11.3. The van der Waals surface area contributed by atoms with Crippen molar-refractivity contribution in [3.63, 3.8) is 0 Å². The van der Waals surface area contributed by atoms with Crippen LogP contribution in [0.5, 0.6) is 0 Å². The molecule has 0 spiro atoms. The maximum absolute atomic E-state index is 12.7. The molecular weight excluding hydrogens is 282 g/mol. The summed E-state index contributed by atoms with van der Waals surface area (Å²) in [5, 5.41) is 2.19.